The molecule has 0 amide bonds. The number of rotatable bonds is 4. The molecule has 0 aliphatic heterocycles. The molecule has 20 heavy (non-hydrogen) atoms. The normalized spacial score (nSPS) is 10.4. The standard InChI is InChI=1S/C11H12N4O3S.Na.H/c1-18-11-6-10(13-7-14-11)15-19(16,17)9-4-2-8(12)3-5-9;;/h2-7H,12H2,1H3,(H,13,14,15);;. The Bertz CT molecular complexity index is 676. The SMILES string of the molecule is COc1cc(NS(=O)(=O)c2ccc(N)cc2)ncn1.[NaH]. The predicted octanol–water partition coefficient (Wildman–Crippen LogP) is 0.220. The predicted molar refractivity (Wildman–Crippen MR) is 77.4 cm³/mol. The number of methoxy groups -OCH3 is 1. The van der Waals surface area contributed by atoms with Crippen molar-refractivity contribution in [2.45, 2.75) is 4.90 Å². The molecule has 1 aromatic heterocycles. The van der Waals surface area contributed by atoms with Crippen molar-refractivity contribution < 1.29 is 13.2 Å². The van der Waals surface area contributed by atoms with Crippen LogP contribution in [0.2, 0.25) is 0 Å². The number of ether oxygens (including phenoxy) is 1. The molecule has 0 saturated carbocycles. The number of nitrogens with zero attached hydrogens (tertiary/aromatic N) is 2. The fraction of sp³-hybridized carbons (Fsp3) is 0.0909. The number of aromatic nitrogens is 2. The Morgan fingerprint density at radius 1 is 1.20 bits per heavy atom. The third-order valence-corrected chi connectivity index (χ3v) is 3.65. The Balaban J connectivity index is 0.00000200. The van der Waals surface area contributed by atoms with Gasteiger partial charge in [0.1, 0.15) is 12.1 Å². The molecule has 0 spiro atoms. The van der Waals surface area contributed by atoms with Crippen LogP contribution in [0.5, 0.6) is 5.88 Å². The van der Waals surface area contributed by atoms with Gasteiger partial charge >= 0.3 is 29.6 Å². The summed E-state index contributed by atoms with van der Waals surface area (Å²) in [7, 11) is -2.28. The van der Waals surface area contributed by atoms with E-state index in [0.717, 1.165) is 0 Å². The van der Waals surface area contributed by atoms with Crippen molar-refractivity contribution in [2.75, 3.05) is 17.6 Å². The molecule has 2 aromatic rings. The summed E-state index contributed by atoms with van der Waals surface area (Å²) in [5.41, 5.74) is 6.00. The molecule has 1 heterocycles. The van der Waals surface area contributed by atoms with Gasteiger partial charge in [-0.05, 0) is 24.3 Å². The van der Waals surface area contributed by atoms with E-state index in [0.29, 0.717) is 5.69 Å². The van der Waals surface area contributed by atoms with Crippen molar-refractivity contribution in [2.24, 2.45) is 0 Å². The summed E-state index contributed by atoms with van der Waals surface area (Å²) in [5, 5.41) is 0. The van der Waals surface area contributed by atoms with Gasteiger partial charge in [0.2, 0.25) is 5.88 Å². The first kappa shape index (κ1) is 16.7. The Morgan fingerprint density at radius 3 is 2.45 bits per heavy atom. The summed E-state index contributed by atoms with van der Waals surface area (Å²) in [6, 6.07) is 7.23. The van der Waals surface area contributed by atoms with Crippen molar-refractivity contribution in [3.63, 3.8) is 0 Å². The van der Waals surface area contributed by atoms with Crippen LogP contribution in [-0.4, -0.2) is 55.1 Å². The van der Waals surface area contributed by atoms with E-state index < -0.39 is 10.0 Å². The molecule has 2 rings (SSSR count). The molecule has 0 fully saturated rings. The second-order valence-electron chi connectivity index (χ2n) is 3.62. The fourth-order valence-corrected chi connectivity index (χ4v) is 2.35. The van der Waals surface area contributed by atoms with Crippen LogP contribution >= 0.6 is 0 Å². The summed E-state index contributed by atoms with van der Waals surface area (Å²) in [6.45, 7) is 0. The van der Waals surface area contributed by atoms with Crippen molar-refractivity contribution in [1.82, 2.24) is 9.97 Å². The van der Waals surface area contributed by atoms with Gasteiger partial charge in [-0.1, -0.05) is 0 Å². The van der Waals surface area contributed by atoms with E-state index in [1.807, 2.05) is 0 Å². The third-order valence-electron chi connectivity index (χ3n) is 2.28. The van der Waals surface area contributed by atoms with Crippen LogP contribution in [0.25, 0.3) is 0 Å². The van der Waals surface area contributed by atoms with E-state index in [9.17, 15) is 8.42 Å². The Kier molecular flexibility index (Phi) is 5.75. The van der Waals surface area contributed by atoms with Crippen LogP contribution in [-0.2, 0) is 10.0 Å². The van der Waals surface area contributed by atoms with Crippen LogP contribution < -0.4 is 15.2 Å². The molecule has 0 aliphatic rings. The van der Waals surface area contributed by atoms with Gasteiger partial charge in [-0.15, -0.1) is 0 Å². The molecule has 1 aromatic carbocycles. The van der Waals surface area contributed by atoms with Gasteiger partial charge in [0, 0.05) is 11.8 Å². The number of nitrogens with one attached hydrogen (secondary N) is 1. The van der Waals surface area contributed by atoms with Crippen molar-refractivity contribution >= 4 is 51.1 Å². The second-order valence-corrected chi connectivity index (χ2v) is 5.30. The number of hydrogen-bond donors (Lipinski definition) is 2. The molecular weight excluding hydrogens is 291 g/mol. The molecule has 3 N–H and O–H groups in total. The van der Waals surface area contributed by atoms with Crippen LogP contribution in [0, 0.1) is 0 Å². The van der Waals surface area contributed by atoms with Crippen LogP contribution in [0.4, 0.5) is 11.5 Å². The summed E-state index contributed by atoms with van der Waals surface area (Å²) in [4.78, 5) is 7.69. The van der Waals surface area contributed by atoms with Crippen LogP contribution in [0.3, 0.4) is 0 Å². The zero-order valence-electron chi connectivity index (χ0n) is 10.1. The number of benzene rings is 1. The van der Waals surface area contributed by atoms with Gasteiger partial charge in [0.05, 0.1) is 12.0 Å². The molecular formula is C11H13N4NaO3S. The molecule has 0 radical (unpaired) electrons. The van der Waals surface area contributed by atoms with Crippen molar-refractivity contribution in [3.8, 4) is 5.88 Å². The average Bonchev–Trinajstić information content (AvgIpc) is 2.39. The van der Waals surface area contributed by atoms with E-state index in [1.54, 1.807) is 0 Å². The fourth-order valence-electron chi connectivity index (χ4n) is 1.35. The minimum atomic E-state index is -3.71. The molecule has 0 saturated heterocycles. The van der Waals surface area contributed by atoms with Crippen molar-refractivity contribution in [1.29, 1.82) is 0 Å². The first-order chi connectivity index (χ1) is 9.01. The quantitative estimate of drug-likeness (QED) is 0.618. The Hall–Kier alpha value is -1.35. The van der Waals surface area contributed by atoms with Gasteiger partial charge in [-0.2, -0.15) is 0 Å². The zero-order chi connectivity index (χ0) is 13.9. The number of hydrogen-bond acceptors (Lipinski definition) is 6. The van der Waals surface area contributed by atoms with E-state index in [-0.39, 0.29) is 46.2 Å². The van der Waals surface area contributed by atoms with E-state index in [1.165, 1.54) is 43.8 Å². The topological polar surface area (TPSA) is 107 Å². The third kappa shape index (κ3) is 4.07. The molecule has 0 atom stereocenters. The second kappa shape index (κ2) is 6.89. The molecule has 0 bridgehead atoms. The number of anilines is 2. The van der Waals surface area contributed by atoms with E-state index >= 15 is 0 Å². The molecule has 7 nitrogen and oxygen atoms in total. The Labute approximate surface area is 138 Å². The summed E-state index contributed by atoms with van der Waals surface area (Å²) in [5.74, 6) is 0.397. The van der Waals surface area contributed by atoms with Gasteiger partial charge < -0.3 is 10.5 Å². The molecule has 102 valence electrons. The maximum absolute atomic E-state index is 12.1. The summed E-state index contributed by atoms with van der Waals surface area (Å²) >= 11 is 0. The first-order valence-corrected chi connectivity index (χ1v) is 6.74. The average molecular weight is 304 g/mol. The van der Waals surface area contributed by atoms with E-state index in [2.05, 4.69) is 14.7 Å². The van der Waals surface area contributed by atoms with Crippen molar-refractivity contribution in [3.05, 3.63) is 36.7 Å². The Morgan fingerprint density at radius 2 is 1.85 bits per heavy atom. The molecule has 0 unspecified atom stereocenters. The number of sulfonamides is 1. The summed E-state index contributed by atoms with van der Waals surface area (Å²) < 4.78 is 31.3. The monoisotopic (exact) mass is 304 g/mol. The van der Waals surface area contributed by atoms with Gasteiger partial charge in [-0.3, -0.25) is 4.72 Å². The minimum absolute atomic E-state index is 0. The van der Waals surface area contributed by atoms with Gasteiger partial charge in [0.25, 0.3) is 10.0 Å². The summed E-state index contributed by atoms with van der Waals surface area (Å²) in [6.07, 6.45) is 1.21. The maximum atomic E-state index is 12.1. The number of nitrogen functional groups attached to an aromatic ring is 1. The number of nitrogens with two attached hydrogens (primary N) is 1. The van der Waals surface area contributed by atoms with Gasteiger partial charge in [0.15, 0.2) is 0 Å². The van der Waals surface area contributed by atoms with Crippen LogP contribution in [0.1, 0.15) is 0 Å². The molecule has 0 aliphatic carbocycles. The first-order valence-electron chi connectivity index (χ1n) is 5.25. The van der Waals surface area contributed by atoms with Gasteiger partial charge in [-0.25, -0.2) is 18.4 Å². The zero-order valence-corrected chi connectivity index (χ0v) is 10.9. The van der Waals surface area contributed by atoms with Crippen LogP contribution in [0.15, 0.2) is 41.6 Å². The van der Waals surface area contributed by atoms with E-state index in [4.69, 9.17) is 10.5 Å². The molecule has 9 heteroatoms.